The summed E-state index contributed by atoms with van der Waals surface area (Å²) in [6.45, 7) is 0.652. The molecule has 2 nitrogen and oxygen atoms in total. The molecule has 1 saturated heterocycles. The van der Waals surface area contributed by atoms with Crippen molar-refractivity contribution in [3.05, 3.63) is 12.0 Å². The lowest BCUT2D eigenvalue weighted by Gasteiger charge is -2.03. The van der Waals surface area contributed by atoms with Crippen LogP contribution in [-0.4, -0.2) is 13.2 Å². The highest BCUT2D eigenvalue weighted by Crippen LogP contribution is 2.14. The predicted molar refractivity (Wildman–Crippen MR) is 30.4 cm³/mol. The highest BCUT2D eigenvalue weighted by Gasteiger charge is 2.11. The van der Waals surface area contributed by atoms with E-state index in [1.54, 1.807) is 0 Å². The lowest BCUT2D eigenvalue weighted by atomic mass is 10.3. The van der Waals surface area contributed by atoms with Gasteiger partial charge in [0.1, 0.15) is 0 Å². The number of hydrogen-bond donors (Lipinski definition) is 0. The van der Waals surface area contributed by atoms with Crippen molar-refractivity contribution in [3.8, 4) is 0 Å². The number of hydrogen-bond acceptors (Lipinski definition) is 2. The van der Waals surface area contributed by atoms with Gasteiger partial charge < -0.3 is 9.47 Å². The molecule has 0 spiro atoms. The third kappa shape index (κ3) is 1.86. The van der Waals surface area contributed by atoms with Crippen LogP contribution in [0.25, 0.3) is 0 Å². The van der Waals surface area contributed by atoms with Gasteiger partial charge in [-0.2, -0.15) is 8.78 Å². The van der Waals surface area contributed by atoms with Crippen LogP contribution in [0.15, 0.2) is 12.0 Å². The van der Waals surface area contributed by atoms with Crippen LogP contribution in [0.2, 0.25) is 0 Å². The molecule has 1 heterocycles. The van der Waals surface area contributed by atoms with Gasteiger partial charge in [0.05, 0.1) is 13.2 Å². The van der Waals surface area contributed by atoms with Gasteiger partial charge in [0.25, 0.3) is 0 Å². The molecule has 0 aromatic rings. The van der Waals surface area contributed by atoms with Crippen molar-refractivity contribution in [2.24, 2.45) is 0 Å². The van der Waals surface area contributed by atoms with Crippen LogP contribution in [0.4, 0.5) is 8.78 Å². The van der Waals surface area contributed by atoms with Gasteiger partial charge in [-0.1, -0.05) is 0 Å². The fraction of sp³-hybridized carbons (Fsp3) is 0.667. The summed E-state index contributed by atoms with van der Waals surface area (Å²) < 4.78 is 32.6. The van der Waals surface area contributed by atoms with Crippen molar-refractivity contribution in [1.82, 2.24) is 0 Å². The Morgan fingerprint density at radius 1 is 1.10 bits per heavy atom. The zero-order valence-electron chi connectivity index (χ0n) is 5.40. The molecule has 0 bridgehead atoms. The second-order valence-electron chi connectivity index (χ2n) is 1.95. The summed E-state index contributed by atoms with van der Waals surface area (Å²) >= 11 is 0. The van der Waals surface area contributed by atoms with Gasteiger partial charge in [-0.05, 0) is 12.8 Å². The smallest absolute Gasteiger partial charge is 0.350 e. The lowest BCUT2D eigenvalue weighted by molar-refractivity contribution is 0.0406. The van der Waals surface area contributed by atoms with Crippen LogP contribution in [0, 0.1) is 0 Å². The normalized spacial score (nSPS) is 18.8. The van der Waals surface area contributed by atoms with E-state index in [0.29, 0.717) is 13.2 Å². The van der Waals surface area contributed by atoms with E-state index in [1.807, 2.05) is 0 Å². The van der Waals surface area contributed by atoms with Gasteiger partial charge in [0, 0.05) is 0 Å². The molecule has 0 amide bonds. The zero-order valence-corrected chi connectivity index (χ0v) is 5.40. The Morgan fingerprint density at radius 3 is 2.00 bits per heavy atom. The summed E-state index contributed by atoms with van der Waals surface area (Å²) in [5.74, 6) is -0.600. The Bertz CT molecular complexity index is 131. The highest BCUT2D eigenvalue weighted by molar-refractivity contribution is 4.83. The van der Waals surface area contributed by atoms with Gasteiger partial charge in [0.15, 0.2) is 0 Å². The third-order valence-corrected chi connectivity index (χ3v) is 1.16. The Morgan fingerprint density at radius 2 is 1.60 bits per heavy atom. The maximum atomic E-state index is 11.7. The summed E-state index contributed by atoms with van der Waals surface area (Å²) in [5.41, 5.74) is 0. The molecule has 1 rings (SSSR count). The molecule has 58 valence electrons. The summed E-state index contributed by atoms with van der Waals surface area (Å²) in [4.78, 5) is 0. The number of halogens is 2. The summed E-state index contributed by atoms with van der Waals surface area (Å²) in [5, 5.41) is 0. The minimum atomic E-state index is -1.87. The molecule has 1 aliphatic heterocycles. The maximum absolute atomic E-state index is 11.7. The monoisotopic (exact) mass is 150 g/mol. The van der Waals surface area contributed by atoms with Crippen molar-refractivity contribution in [2.75, 3.05) is 13.2 Å². The lowest BCUT2D eigenvalue weighted by Crippen LogP contribution is -1.95. The summed E-state index contributed by atoms with van der Waals surface area (Å²) in [7, 11) is 0. The molecule has 0 N–H and O–H groups in total. The third-order valence-electron chi connectivity index (χ3n) is 1.16. The molecule has 1 fully saturated rings. The van der Waals surface area contributed by atoms with E-state index in [2.05, 4.69) is 9.47 Å². The average Bonchev–Trinajstić information content (AvgIpc) is 2.12. The predicted octanol–water partition coefficient (Wildman–Crippen LogP) is 1.88. The molecular weight excluding hydrogens is 142 g/mol. The van der Waals surface area contributed by atoms with E-state index in [1.165, 1.54) is 0 Å². The molecule has 0 aliphatic carbocycles. The van der Waals surface area contributed by atoms with Crippen LogP contribution in [0.3, 0.4) is 0 Å². The highest BCUT2D eigenvalue weighted by atomic mass is 19.3. The standard InChI is InChI=1S/C6H8F2O2/c7-5(8)6-9-3-1-2-4-10-6/h1-4H2. The van der Waals surface area contributed by atoms with Crippen LogP contribution >= 0.6 is 0 Å². The van der Waals surface area contributed by atoms with Crippen molar-refractivity contribution in [1.29, 1.82) is 0 Å². The van der Waals surface area contributed by atoms with Crippen LogP contribution in [0.1, 0.15) is 12.8 Å². The molecular formula is C6H8F2O2. The maximum Gasteiger partial charge on any atom is 0.350 e. The summed E-state index contributed by atoms with van der Waals surface area (Å²) in [6.07, 6.45) is -0.324. The molecule has 0 aromatic heterocycles. The van der Waals surface area contributed by atoms with Crippen molar-refractivity contribution in [2.45, 2.75) is 12.8 Å². The largest absolute Gasteiger partial charge is 0.462 e. The minimum Gasteiger partial charge on any atom is -0.462 e. The first-order chi connectivity index (χ1) is 4.80. The molecule has 0 saturated carbocycles. The van der Waals surface area contributed by atoms with Crippen LogP contribution in [0.5, 0.6) is 0 Å². The van der Waals surface area contributed by atoms with Crippen molar-refractivity contribution in [3.63, 3.8) is 0 Å². The fourth-order valence-corrected chi connectivity index (χ4v) is 0.685. The summed E-state index contributed by atoms with van der Waals surface area (Å²) in [6, 6.07) is 0. The molecule has 1 aliphatic rings. The Balaban J connectivity index is 2.51. The van der Waals surface area contributed by atoms with Crippen LogP contribution < -0.4 is 0 Å². The first kappa shape index (κ1) is 7.31. The molecule has 10 heavy (non-hydrogen) atoms. The van der Waals surface area contributed by atoms with Gasteiger partial charge >= 0.3 is 12.0 Å². The molecule has 0 atom stereocenters. The SMILES string of the molecule is FC(F)=C1OCCCCO1. The zero-order chi connectivity index (χ0) is 7.40. The van der Waals surface area contributed by atoms with Gasteiger partial charge in [-0.15, -0.1) is 0 Å². The minimum absolute atomic E-state index is 0.326. The fourth-order valence-electron chi connectivity index (χ4n) is 0.685. The average molecular weight is 150 g/mol. The first-order valence-corrected chi connectivity index (χ1v) is 3.11. The Kier molecular flexibility index (Phi) is 2.48. The van der Waals surface area contributed by atoms with E-state index < -0.39 is 12.0 Å². The van der Waals surface area contributed by atoms with Crippen molar-refractivity contribution < 1.29 is 18.3 Å². The van der Waals surface area contributed by atoms with E-state index in [0.717, 1.165) is 12.8 Å². The van der Waals surface area contributed by atoms with E-state index in [9.17, 15) is 8.78 Å². The Hall–Kier alpha value is -0.800. The van der Waals surface area contributed by atoms with E-state index in [4.69, 9.17) is 0 Å². The molecule has 0 unspecified atom stereocenters. The quantitative estimate of drug-likeness (QED) is 0.524. The topological polar surface area (TPSA) is 18.5 Å². The molecule has 4 heteroatoms. The van der Waals surface area contributed by atoms with E-state index in [-0.39, 0.29) is 0 Å². The van der Waals surface area contributed by atoms with E-state index >= 15 is 0 Å². The van der Waals surface area contributed by atoms with Gasteiger partial charge in [-0.25, -0.2) is 0 Å². The van der Waals surface area contributed by atoms with Gasteiger partial charge in [0.2, 0.25) is 0 Å². The van der Waals surface area contributed by atoms with Gasteiger partial charge in [-0.3, -0.25) is 0 Å². The second-order valence-corrected chi connectivity index (χ2v) is 1.95. The second kappa shape index (κ2) is 3.39. The number of ether oxygens (including phenoxy) is 2. The first-order valence-electron chi connectivity index (χ1n) is 3.11. The van der Waals surface area contributed by atoms with Crippen LogP contribution in [-0.2, 0) is 9.47 Å². The Labute approximate surface area is 57.4 Å². The molecule has 0 radical (unpaired) electrons. The molecule has 0 aromatic carbocycles. The number of rotatable bonds is 0. The van der Waals surface area contributed by atoms with Crippen molar-refractivity contribution >= 4 is 0 Å².